The molecule has 5 nitrogen and oxygen atoms in total. The molecule has 3 N–H and O–H groups in total. The Balaban J connectivity index is 1.39. The highest BCUT2D eigenvalue weighted by Gasteiger charge is 2.47. The van der Waals surface area contributed by atoms with Gasteiger partial charge in [-0.1, -0.05) is 25.4 Å². The lowest BCUT2D eigenvalue weighted by molar-refractivity contribution is 0.00382. The van der Waals surface area contributed by atoms with Gasteiger partial charge in [-0.2, -0.15) is 0 Å². The summed E-state index contributed by atoms with van der Waals surface area (Å²) in [5.74, 6) is 2.17. The van der Waals surface area contributed by atoms with Gasteiger partial charge < -0.3 is 20.1 Å². The van der Waals surface area contributed by atoms with Crippen molar-refractivity contribution >= 4 is 28.3 Å². The summed E-state index contributed by atoms with van der Waals surface area (Å²) in [5.41, 5.74) is 2.17. The van der Waals surface area contributed by atoms with Gasteiger partial charge in [0.15, 0.2) is 0 Å². The molecule has 30 heavy (non-hydrogen) atoms. The lowest BCUT2D eigenvalue weighted by Gasteiger charge is -2.38. The number of rotatable bonds is 7. The maximum Gasteiger partial charge on any atom is 0.126 e. The van der Waals surface area contributed by atoms with E-state index in [4.69, 9.17) is 16.3 Å². The fourth-order valence-corrected chi connectivity index (χ4v) is 5.16. The summed E-state index contributed by atoms with van der Waals surface area (Å²) in [6.07, 6.45) is 7.26. The number of hydrogen-bond acceptors (Lipinski definition) is 4. The number of anilines is 1. The predicted octanol–water partition coefficient (Wildman–Crippen LogP) is 5.07. The van der Waals surface area contributed by atoms with E-state index in [2.05, 4.69) is 35.2 Å². The van der Waals surface area contributed by atoms with Gasteiger partial charge in [0.2, 0.25) is 0 Å². The summed E-state index contributed by atoms with van der Waals surface area (Å²) >= 11 is 6.42. The number of nitrogens with one attached hydrogen (secondary N) is 2. The third kappa shape index (κ3) is 3.65. The lowest BCUT2D eigenvalue weighted by Crippen LogP contribution is -2.44. The van der Waals surface area contributed by atoms with E-state index in [1.807, 2.05) is 24.4 Å². The molecule has 0 spiro atoms. The number of aliphatic hydroxyl groups is 1. The first-order valence-electron chi connectivity index (χ1n) is 10.7. The van der Waals surface area contributed by atoms with Crippen LogP contribution in [0.2, 0.25) is 5.02 Å². The first-order valence-corrected chi connectivity index (χ1v) is 11.1. The SMILES string of the molecule is CC(C)(CC(O)(CNc1cc2ccncc2[nH]1)C1CC1)c1cc(Cl)cc2c1OCC2. The van der Waals surface area contributed by atoms with Crippen molar-refractivity contribution < 1.29 is 9.84 Å². The Hall–Kier alpha value is -2.24. The maximum absolute atomic E-state index is 11.7. The number of nitrogens with zero attached hydrogens (tertiary/aromatic N) is 1. The molecule has 2 aromatic heterocycles. The number of aromatic amines is 1. The third-order valence-corrected chi connectivity index (χ3v) is 6.79. The molecule has 3 heterocycles. The van der Waals surface area contributed by atoms with Crippen LogP contribution in [0.25, 0.3) is 10.9 Å². The first kappa shape index (κ1) is 19.7. The number of pyridine rings is 1. The van der Waals surface area contributed by atoms with Gasteiger partial charge in [0.05, 0.1) is 23.9 Å². The Labute approximate surface area is 181 Å². The molecule has 5 rings (SSSR count). The number of ether oxygens (including phenoxy) is 1. The Kier molecular flexibility index (Phi) is 4.71. The van der Waals surface area contributed by atoms with Crippen LogP contribution in [0, 0.1) is 5.92 Å². The Morgan fingerprint density at radius 3 is 2.90 bits per heavy atom. The largest absolute Gasteiger partial charge is 0.493 e. The molecule has 1 fully saturated rings. The van der Waals surface area contributed by atoms with Crippen molar-refractivity contribution in [1.82, 2.24) is 9.97 Å². The van der Waals surface area contributed by atoms with Crippen LogP contribution in [0.15, 0.2) is 36.7 Å². The molecule has 0 bridgehead atoms. The fourth-order valence-electron chi connectivity index (χ4n) is 4.92. The molecular weight excluding hydrogens is 398 g/mol. The fraction of sp³-hybridized carbons (Fsp3) is 0.458. The summed E-state index contributed by atoms with van der Waals surface area (Å²) in [7, 11) is 0. The minimum absolute atomic E-state index is 0.275. The molecule has 0 amide bonds. The number of H-pyrrole nitrogens is 1. The normalized spacial score (nSPS) is 18.1. The van der Waals surface area contributed by atoms with E-state index in [9.17, 15) is 5.11 Å². The van der Waals surface area contributed by atoms with Gasteiger partial charge in [-0.15, -0.1) is 0 Å². The Morgan fingerprint density at radius 1 is 1.30 bits per heavy atom. The highest BCUT2D eigenvalue weighted by Crippen LogP contribution is 2.49. The summed E-state index contributed by atoms with van der Waals surface area (Å²) in [5, 5.41) is 17.0. The highest BCUT2D eigenvalue weighted by molar-refractivity contribution is 6.30. The monoisotopic (exact) mass is 425 g/mol. The summed E-state index contributed by atoms with van der Waals surface area (Å²) in [4.78, 5) is 7.50. The average Bonchev–Trinajstić information content (AvgIpc) is 3.32. The van der Waals surface area contributed by atoms with E-state index in [1.165, 1.54) is 5.56 Å². The van der Waals surface area contributed by atoms with E-state index in [0.29, 0.717) is 25.5 Å². The van der Waals surface area contributed by atoms with Crippen LogP contribution in [0.5, 0.6) is 5.75 Å². The van der Waals surface area contributed by atoms with E-state index >= 15 is 0 Å². The van der Waals surface area contributed by atoms with Crippen molar-refractivity contribution in [2.75, 3.05) is 18.5 Å². The molecular formula is C24H28ClN3O2. The lowest BCUT2D eigenvalue weighted by atomic mass is 9.72. The number of aromatic nitrogens is 2. The van der Waals surface area contributed by atoms with Crippen molar-refractivity contribution in [2.45, 2.75) is 50.5 Å². The van der Waals surface area contributed by atoms with Crippen LogP contribution >= 0.6 is 11.6 Å². The van der Waals surface area contributed by atoms with Crippen molar-refractivity contribution in [3.63, 3.8) is 0 Å². The molecule has 1 atom stereocenters. The molecule has 3 aromatic rings. The quantitative estimate of drug-likeness (QED) is 0.494. The second-order valence-electron chi connectivity index (χ2n) is 9.48. The molecule has 1 aliphatic heterocycles. The van der Waals surface area contributed by atoms with Gasteiger partial charge in [0.1, 0.15) is 11.6 Å². The predicted molar refractivity (Wildman–Crippen MR) is 121 cm³/mol. The van der Waals surface area contributed by atoms with E-state index in [1.54, 1.807) is 6.20 Å². The molecule has 1 unspecified atom stereocenters. The Bertz CT molecular complexity index is 1060. The number of hydrogen-bond donors (Lipinski definition) is 3. The average molecular weight is 426 g/mol. The van der Waals surface area contributed by atoms with E-state index in [-0.39, 0.29) is 5.41 Å². The van der Waals surface area contributed by atoms with Crippen LogP contribution in [-0.4, -0.2) is 33.8 Å². The molecule has 158 valence electrons. The minimum Gasteiger partial charge on any atom is -0.493 e. The van der Waals surface area contributed by atoms with Gasteiger partial charge in [0, 0.05) is 35.1 Å². The molecule has 0 radical (unpaired) electrons. The molecule has 0 saturated heterocycles. The molecule has 2 aliphatic rings. The zero-order chi connectivity index (χ0) is 20.9. The van der Waals surface area contributed by atoms with Crippen molar-refractivity contribution in [3.8, 4) is 5.75 Å². The van der Waals surface area contributed by atoms with Crippen LogP contribution in [0.4, 0.5) is 5.82 Å². The molecule has 1 aromatic carbocycles. The molecule has 1 saturated carbocycles. The van der Waals surface area contributed by atoms with Crippen molar-refractivity contribution in [3.05, 3.63) is 52.8 Å². The second-order valence-corrected chi connectivity index (χ2v) is 9.91. The zero-order valence-electron chi connectivity index (χ0n) is 17.5. The van der Waals surface area contributed by atoms with Crippen molar-refractivity contribution in [1.29, 1.82) is 0 Å². The third-order valence-electron chi connectivity index (χ3n) is 6.57. The van der Waals surface area contributed by atoms with E-state index < -0.39 is 5.60 Å². The van der Waals surface area contributed by atoms with Gasteiger partial charge in [0.25, 0.3) is 0 Å². The smallest absolute Gasteiger partial charge is 0.126 e. The summed E-state index contributed by atoms with van der Waals surface area (Å²) in [6.45, 7) is 5.55. The zero-order valence-corrected chi connectivity index (χ0v) is 18.2. The summed E-state index contributed by atoms with van der Waals surface area (Å²) < 4.78 is 5.96. The Morgan fingerprint density at radius 2 is 2.13 bits per heavy atom. The van der Waals surface area contributed by atoms with Crippen LogP contribution < -0.4 is 10.1 Å². The molecule has 6 heteroatoms. The summed E-state index contributed by atoms with van der Waals surface area (Å²) in [6, 6.07) is 8.06. The topological polar surface area (TPSA) is 70.2 Å². The molecule has 1 aliphatic carbocycles. The van der Waals surface area contributed by atoms with Gasteiger partial charge in [-0.3, -0.25) is 4.98 Å². The number of halogens is 1. The van der Waals surface area contributed by atoms with Gasteiger partial charge >= 0.3 is 0 Å². The highest BCUT2D eigenvalue weighted by atomic mass is 35.5. The van der Waals surface area contributed by atoms with Crippen LogP contribution in [-0.2, 0) is 11.8 Å². The first-order chi connectivity index (χ1) is 14.3. The standard InChI is InChI=1S/C24H28ClN3O2/c1-23(2,19-11-18(25)9-16-6-8-30-22(16)19)13-24(29,17-3-4-17)14-27-21-10-15-5-7-26-12-20(15)28-21/h5,7,9-12,17,27-29H,3-4,6,8,13-14H2,1-2H3. The van der Waals surface area contributed by atoms with E-state index in [0.717, 1.165) is 52.3 Å². The number of fused-ring (bicyclic) bond motifs is 2. The second kappa shape index (κ2) is 7.17. The van der Waals surface area contributed by atoms with Crippen LogP contribution in [0.3, 0.4) is 0 Å². The minimum atomic E-state index is -0.813. The van der Waals surface area contributed by atoms with Gasteiger partial charge in [-0.25, -0.2) is 0 Å². The maximum atomic E-state index is 11.7. The van der Waals surface area contributed by atoms with Crippen molar-refractivity contribution in [2.24, 2.45) is 5.92 Å². The van der Waals surface area contributed by atoms with Gasteiger partial charge in [-0.05, 0) is 60.4 Å². The van der Waals surface area contributed by atoms with Crippen LogP contribution in [0.1, 0.15) is 44.2 Å². The number of benzene rings is 1.